The molecular formula is C15H21NO3. The molecule has 0 bridgehead atoms. The monoisotopic (exact) mass is 263 g/mol. The van der Waals surface area contributed by atoms with Crippen LogP contribution in [0.15, 0.2) is 18.2 Å². The van der Waals surface area contributed by atoms with Crippen LogP contribution in [0.25, 0.3) is 0 Å². The fraction of sp³-hybridized carbons (Fsp3) is 0.533. The fourth-order valence-corrected chi connectivity index (χ4v) is 2.18. The van der Waals surface area contributed by atoms with Crippen molar-refractivity contribution < 1.29 is 15.0 Å². The first-order chi connectivity index (χ1) is 8.97. The molecule has 0 aliphatic heterocycles. The molecule has 0 amide bonds. The third-order valence-electron chi connectivity index (χ3n) is 3.68. The van der Waals surface area contributed by atoms with Gasteiger partial charge in [0.15, 0.2) is 0 Å². The molecule has 19 heavy (non-hydrogen) atoms. The number of hydrogen-bond acceptors (Lipinski definition) is 3. The van der Waals surface area contributed by atoms with Gasteiger partial charge in [-0.3, -0.25) is 4.79 Å². The summed E-state index contributed by atoms with van der Waals surface area (Å²) in [6, 6.07) is 5.71. The van der Waals surface area contributed by atoms with Crippen molar-refractivity contribution in [1.29, 1.82) is 0 Å². The van der Waals surface area contributed by atoms with Gasteiger partial charge in [0, 0.05) is 12.1 Å². The number of carboxylic acid groups (broad SMARTS) is 1. The molecule has 1 aliphatic rings. The quantitative estimate of drug-likeness (QED) is 0.733. The van der Waals surface area contributed by atoms with Crippen molar-refractivity contribution in [2.24, 2.45) is 0 Å². The van der Waals surface area contributed by atoms with E-state index in [1.807, 2.05) is 32.0 Å². The Balaban J connectivity index is 2.13. The lowest BCUT2D eigenvalue weighted by Gasteiger charge is -2.23. The van der Waals surface area contributed by atoms with Gasteiger partial charge in [-0.25, -0.2) is 0 Å². The van der Waals surface area contributed by atoms with E-state index in [0.29, 0.717) is 6.04 Å². The molecule has 2 rings (SSSR count). The van der Waals surface area contributed by atoms with Crippen molar-refractivity contribution in [3.8, 4) is 0 Å². The van der Waals surface area contributed by atoms with Gasteiger partial charge < -0.3 is 15.5 Å². The van der Waals surface area contributed by atoms with E-state index in [1.54, 1.807) is 0 Å². The van der Waals surface area contributed by atoms with Crippen LogP contribution in [0, 0.1) is 13.8 Å². The van der Waals surface area contributed by atoms with Gasteiger partial charge in [0.25, 0.3) is 0 Å². The molecule has 0 radical (unpaired) electrons. The van der Waals surface area contributed by atoms with Crippen molar-refractivity contribution >= 4 is 5.97 Å². The molecule has 104 valence electrons. The lowest BCUT2D eigenvalue weighted by atomic mass is 9.96. The average molecular weight is 263 g/mol. The highest BCUT2D eigenvalue weighted by atomic mass is 16.4. The van der Waals surface area contributed by atoms with E-state index in [0.717, 1.165) is 24.0 Å². The molecule has 2 unspecified atom stereocenters. The smallest absolute Gasteiger partial charge is 0.305 e. The zero-order valence-corrected chi connectivity index (χ0v) is 11.4. The molecule has 0 aromatic heterocycles. The molecule has 1 aliphatic carbocycles. The van der Waals surface area contributed by atoms with E-state index < -0.39 is 18.1 Å². The van der Waals surface area contributed by atoms with E-state index in [-0.39, 0.29) is 6.42 Å². The zero-order chi connectivity index (χ0) is 14.0. The molecule has 4 heteroatoms. The predicted molar refractivity (Wildman–Crippen MR) is 73.1 cm³/mol. The van der Waals surface area contributed by atoms with Crippen LogP contribution >= 0.6 is 0 Å². The Morgan fingerprint density at radius 1 is 1.37 bits per heavy atom. The second-order valence-electron chi connectivity index (χ2n) is 5.43. The van der Waals surface area contributed by atoms with Crippen molar-refractivity contribution in [1.82, 2.24) is 5.32 Å². The van der Waals surface area contributed by atoms with E-state index >= 15 is 0 Å². The van der Waals surface area contributed by atoms with Crippen LogP contribution in [-0.4, -0.2) is 28.3 Å². The van der Waals surface area contributed by atoms with E-state index in [1.165, 1.54) is 5.56 Å². The molecule has 4 nitrogen and oxygen atoms in total. The number of aliphatic carboxylic acids is 1. The number of aliphatic hydroxyl groups excluding tert-OH is 1. The summed E-state index contributed by atoms with van der Waals surface area (Å²) < 4.78 is 0. The van der Waals surface area contributed by atoms with E-state index in [9.17, 15) is 9.90 Å². The van der Waals surface area contributed by atoms with Crippen molar-refractivity contribution in [2.45, 2.75) is 51.3 Å². The van der Waals surface area contributed by atoms with Gasteiger partial charge in [0.1, 0.15) is 0 Å². The number of aliphatic hydroxyl groups is 1. The van der Waals surface area contributed by atoms with Gasteiger partial charge in [0.2, 0.25) is 0 Å². The molecule has 3 N–H and O–H groups in total. The van der Waals surface area contributed by atoms with Crippen LogP contribution in [0.4, 0.5) is 0 Å². The first-order valence-electron chi connectivity index (χ1n) is 6.70. The van der Waals surface area contributed by atoms with Gasteiger partial charge in [-0.2, -0.15) is 0 Å². The van der Waals surface area contributed by atoms with E-state index in [4.69, 9.17) is 5.11 Å². The number of aryl methyl sites for hydroxylation is 2. The lowest BCUT2D eigenvalue weighted by molar-refractivity contribution is -0.138. The fourth-order valence-electron chi connectivity index (χ4n) is 2.18. The number of carbonyl (C=O) groups is 1. The molecule has 0 spiro atoms. The maximum atomic E-state index is 10.9. The summed E-state index contributed by atoms with van der Waals surface area (Å²) in [6.07, 6.45) is 1.28. The topological polar surface area (TPSA) is 69.6 Å². The summed E-state index contributed by atoms with van der Waals surface area (Å²) in [6.45, 7) is 4.01. The third kappa shape index (κ3) is 3.78. The Labute approximate surface area is 113 Å². The predicted octanol–water partition coefficient (Wildman–Crippen LogP) is 1.93. The van der Waals surface area contributed by atoms with Crippen molar-refractivity contribution in [3.05, 3.63) is 34.9 Å². The van der Waals surface area contributed by atoms with Gasteiger partial charge in [-0.15, -0.1) is 0 Å². The van der Waals surface area contributed by atoms with E-state index in [2.05, 4.69) is 5.32 Å². The first kappa shape index (κ1) is 14.0. The number of benzene rings is 1. The summed E-state index contributed by atoms with van der Waals surface area (Å²) in [7, 11) is 0. The maximum Gasteiger partial charge on any atom is 0.305 e. The standard InChI is InChI=1S/C15H21NO3/c1-9-3-4-11(7-10(9)2)15(19)13(8-14(17)18)16-12-5-6-12/h3-4,7,12-13,15-16,19H,5-6,8H2,1-2H3,(H,17,18). The average Bonchev–Trinajstić information content (AvgIpc) is 3.14. The highest BCUT2D eigenvalue weighted by molar-refractivity contribution is 5.67. The number of carboxylic acids is 1. The Morgan fingerprint density at radius 3 is 2.58 bits per heavy atom. The highest BCUT2D eigenvalue weighted by Gasteiger charge is 2.30. The molecule has 0 saturated heterocycles. The van der Waals surface area contributed by atoms with Gasteiger partial charge in [0.05, 0.1) is 12.5 Å². The van der Waals surface area contributed by atoms with Crippen LogP contribution in [0.1, 0.15) is 42.1 Å². The SMILES string of the molecule is Cc1ccc(C(O)C(CC(=O)O)NC2CC2)cc1C. The highest BCUT2D eigenvalue weighted by Crippen LogP contribution is 2.26. The largest absolute Gasteiger partial charge is 0.481 e. The molecule has 2 atom stereocenters. The Bertz CT molecular complexity index is 468. The minimum absolute atomic E-state index is 0.0649. The maximum absolute atomic E-state index is 10.9. The van der Waals surface area contributed by atoms with Crippen LogP contribution in [0.2, 0.25) is 0 Å². The first-order valence-corrected chi connectivity index (χ1v) is 6.70. The van der Waals surface area contributed by atoms with Crippen LogP contribution in [-0.2, 0) is 4.79 Å². The molecule has 1 saturated carbocycles. The second-order valence-corrected chi connectivity index (χ2v) is 5.43. The zero-order valence-electron chi connectivity index (χ0n) is 11.4. The Morgan fingerprint density at radius 2 is 2.05 bits per heavy atom. The third-order valence-corrected chi connectivity index (χ3v) is 3.68. The summed E-state index contributed by atoms with van der Waals surface area (Å²) in [5.74, 6) is -0.888. The summed E-state index contributed by atoms with van der Waals surface area (Å²) in [4.78, 5) is 10.9. The Kier molecular flexibility index (Phi) is 4.22. The minimum Gasteiger partial charge on any atom is -0.481 e. The van der Waals surface area contributed by atoms with Crippen molar-refractivity contribution in [2.75, 3.05) is 0 Å². The molecular weight excluding hydrogens is 242 g/mol. The second kappa shape index (κ2) is 5.72. The van der Waals surface area contributed by atoms with Crippen LogP contribution < -0.4 is 5.32 Å². The van der Waals surface area contributed by atoms with Gasteiger partial charge >= 0.3 is 5.97 Å². The van der Waals surface area contributed by atoms with Gasteiger partial charge in [-0.05, 0) is 43.4 Å². The number of rotatable bonds is 6. The minimum atomic E-state index is -0.888. The Hall–Kier alpha value is -1.39. The molecule has 1 fully saturated rings. The molecule has 0 heterocycles. The van der Waals surface area contributed by atoms with Crippen LogP contribution in [0.5, 0.6) is 0 Å². The molecule has 1 aromatic rings. The number of nitrogens with one attached hydrogen (secondary N) is 1. The van der Waals surface area contributed by atoms with Crippen molar-refractivity contribution in [3.63, 3.8) is 0 Å². The summed E-state index contributed by atoms with van der Waals surface area (Å²) in [5, 5.41) is 22.6. The summed E-state index contributed by atoms with van der Waals surface area (Å²) in [5.41, 5.74) is 3.06. The normalized spacial score (nSPS) is 18.1. The lowest BCUT2D eigenvalue weighted by Crippen LogP contribution is -2.38. The molecule has 1 aromatic carbocycles. The van der Waals surface area contributed by atoms with Gasteiger partial charge in [-0.1, -0.05) is 18.2 Å². The van der Waals surface area contributed by atoms with Crippen LogP contribution in [0.3, 0.4) is 0 Å². The summed E-state index contributed by atoms with van der Waals surface area (Å²) >= 11 is 0. The number of hydrogen-bond donors (Lipinski definition) is 3.